The fourth-order valence-electron chi connectivity index (χ4n) is 2.13. The van der Waals surface area contributed by atoms with Gasteiger partial charge in [0.1, 0.15) is 5.60 Å². The van der Waals surface area contributed by atoms with Crippen molar-refractivity contribution in [2.45, 2.75) is 77.7 Å². The second kappa shape index (κ2) is 12.3. The number of ether oxygens (including phenoxy) is 1. The minimum absolute atomic E-state index is 0.00493. The fraction of sp³-hybridized carbons (Fsp3) is 0.882. The Kier molecular flexibility index (Phi) is 11.7. The van der Waals surface area contributed by atoms with Crippen LogP contribution in [0.2, 0.25) is 0 Å². The van der Waals surface area contributed by atoms with Gasteiger partial charge in [-0.05, 0) is 47.2 Å². The minimum atomic E-state index is -0.547. The maximum Gasteiger partial charge on any atom is 0.308 e. The summed E-state index contributed by atoms with van der Waals surface area (Å²) in [6.45, 7) is 6.38. The molecular formula is C17H34N2O4. The number of esters is 1. The summed E-state index contributed by atoms with van der Waals surface area (Å²) < 4.78 is 5.13. The van der Waals surface area contributed by atoms with Crippen LogP contribution in [0.25, 0.3) is 0 Å². The monoisotopic (exact) mass is 330 g/mol. The molecule has 6 nitrogen and oxygen atoms in total. The molecule has 0 radical (unpaired) electrons. The molecule has 0 saturated carbocycles. The van der Waals surface area contributed by atoms with Gasteiger partial charge in [-0.15, -0.1) is 0 Å². The molecule has 0 spiro atoms. The molecule has 0 fully saturated rings. The van der Waals surface area contributed by atoms with Crippen LogP contribution in [0.1, 0.15) is 72.1 Å². The average Bonchev–Trinajstić information content (AvgIpc) is 2.45. The lowest BCUT2D eigenvalue weighted by molar-refractivity contribution is -0.170. The van der Waals surface area contributed by atoms with Crippen LogP contribution in [0.5, 0.6) is 0 Å². The first-order chi connectivity index (χ1) is 10.8. The molecule has 0 atom stereocenters. The van der Waals surface area contributed by atoms with E-state index in [0.717, 1.165) is 25.8 Å². The van der Waals surface area contributed by atoms with Gasteiger partial charge >= 0.3 is 5.97 Å². The van der Waals surface area contributed by atoms with Gasteiger partial charge in [-0.1, -0.05) is 25.7 Å². The highest BCUT2D eigenvalue weighted by Gasteiger charge is 2.18. The maximum atomic E-state index is 11.7. The number of carbonyl (C=O) groups is 2. The van der Waals surface area contributed by atoms with Gasteiger partial charge in [0.25, 0.3) is 0 Å². The summed E-state index contributed by atoms with van der Waals surface area (Å²) in [5.74, 6) is -0.741. The molecule has 0 bridgehead atoms. The summed E-state index contributed by atoms with van der Waals surface area (Å²) in [5, 5.41) is 13.4. The van der Waals surface area contributed by atoms with E-state index in [1.165, 1.54) is 19.3 Å². The average molecular weight is 330 g/mol. The standard InChI is InChI=1S/C17H34N2O4/c1-17(2,3)23-16(21)12-14-19(22)15(20)11-9-7-5-6-8-10-13-18-4/h18,22H,5-14H2,1-4H3. The Labute approximate surface area is 140 Å². The number of nitrogens with one attached hydrogen (secondary N) is 1. The van der Waals surface area contributed by atoms with Crippen LogP contribution < -0.4 is 5.32 Å². The Balaban J connectivity index is 3.64. The number of hydrogen-bond acceptors (Lipinski definition) is 5. The first-order valence-corrected chi connectivity index (χ1v) is 8.62. The summed E-state index contributed by atoms with van der Waals surface area (Å²) in [6.07, 6.45) is 6.77. The van der Waals surface area contributed by atoms with E-state index in [0.29, 0.717) is 11.5 Å². The molecule has 0 aromatic heterocycles. The van der Waals surface area contributed by atoms with Gasteiger partial charge in [-0.2, -0.15) is 0 Å². The number of hydroxylamine groups is 2. The number of hydrogen-bond donors (Lipinski definition) is 2. The van der Waals surface area contributed by atoms with Crippen LogP contribution in [0.4, 0.5) is 0 Å². The maximum absolute atomic E-state index is 11.7. The molecule has 6 heteroatoms. The fourth-order valence-corrected chi connectivity index (χ4v) is 2.13. The van der Waals surface area contributed by atoms with Crippen molar-refractivity contribution in [2.24, 2.45) is 0 Å². The lowest BCUT2D eigenvalue weighted by Gasteiger charge is -2.20. The highest BCUT2D eigenvalue weighted by Crippen LogP contribution is 2.10. The van der Waals surface area contributed by atoms with Gasteiger partial charge in [0, 0.05) is 6.42 Å². The van der Waals surface area contributed by atoms with E-state index < -0.39 is 11.6 Å². The second-order valence-electron chi connectivity index (χ2n) is 6.83. The van der Waals surface area contributed by atoms with Gasteiger partial charge < -0.3 is 10.1 Å². The number of unbranched alkanes of at least 4 members (excludes halogenated alkanes) is 5. The van der Waals surface area contributed by atoms with Crippen LogP contribution in [-0.2, 0) is 14.3 Å². The molecule has 0 heterocycles. The predicted octanol–water partition coefficient (Wildman–Crippen LogP) is 2.89. The number of rotatable bonds is 12. The van der Waals surface area contributed by atoms with Gasteiger partial charge in [0.15, 0.2) is 0 Å². The zero-order valence-corrected chi connectivity index (χ0v) is 15.2. The molecule has 0 aliphatic carbocycles. The van der Waals surface area contributed by atoms with Gasteiger partial charge in [-0.3, -0.25) is 14.8 Å². The highest BCUT2D eigenvalue weighted by molar-refractivity contribution is 5.76. The third kappa shape index (κ3) is 14.2. The first kappa shape index (κ1) is 21.9. The lowest BCUT2D eigenvalue weighted by Crippen LogP contribution is -2.31. The Morgan fingerprint density at radius 1 is 1.00 bits per heavy atom. The van der Waals surface area contributed by atoms with Crippen molar-refractivity contribution in [3.63, 3.8) is 0 Å². The van der Waals surface area contributed by atoms with Crippen molar-refractivity contribution < 1.29 is 19.5 Å². The quantitative estimate of drug-likeness (QED) is 0.249. The largest absolute Gasteiger partial charge is 0.460 e. The summed E-state index contributed by atoms with van der Waals surface area (Å²) in [6, 6.07) is 0. The molecule has 2 N–H and O–H groups in total. The van der Waals surface area contributed by atoms with Crippen molar-refractivity contribution in [2.75, 3.05) is 20.1 Å². The third-order valence-electron chi connectivity index (χ3n) is 3.30. The molecular weight excluding hydrogens is 296 g/mol. The normalized spacial score (nSPS) is 11.3. The molecule has 0 aliphatic rings. The van der Waals surface area contributed by atoms with E-state index in [9.17, 15) is 14.8 Å². The molecule has 0 rings (SSSR count). The minimum Gasteiger partial charge on any atom is -0.460 e. The Bertz CT molecular complexity index is 340. The van der Waals surface area contributed by atoms with E-state index >= 15 is 0 Å². The zero-order valence-electron chi connectivity index (χ0n) is 15.2. The van der Waals surface area contributed by atoms with E-state index in [-0.39, 0.29) is 18.9 Å². The number of nitrogens with zero attached hydrogens (tertiary/aromatic N) is 1. The molecule has 0 aliphatic heterocycles. The van der Waals surface area contributed by atoms with Gasteiger partial charge in [0.2, 0.25) is 5.91 Å². The van der Waals surface area contributed by atoms with E-state index in [4.69, 9.17) is 4.74 Å². The smallest absolute Gasteiger partial charge is 0.308 e. The van der Waals surface area contributed by atoms with Gasteiger partial charge in [0.05, 0.1) is 13.0 Å². The molecule has 0 unspecified atom stereocenters. The second-order valence-corrected chi connectivity index (χ2v) is 6.83. The Morgan fingerprint density at radius 3 is 2.13 bits per heavy atom. The van der Waals surface area contributed by atoms with Crippen LogP contribution in [0.3, 0.4) is 0 Å². The van der Waals surface area contributed by atoms with Crippen molar-refractivity contribution in [3.05, 3.63) is 0 Å². The predicted molar refractivity (Wildman–Crippen MR) is 90.2 cm³/mol. The lowest BCUT2D eigenvalue weighted by atomic mass is 10.1. The van der Waals surface area contributed by atoms with Crippen molar-refractivity contribution in [1.29, 1.82) is 0 Å². The highest BCUT2D eigenvalue weighted by atomic mass is 16.6. The summed E-state index contributed by atoms with van der Waals surface area (Å²) in [7, 11) is 1.95. The van der Waals surface area contributed by atoms with Gasteiger partial charge in [-0.25, -0.2) is 5.06 Å². The van der Waals surface area contributed by atoms with Crippen molar-refractivity contribution in [3.8, 4) is 0 Å². The number of amides is 1. The van der Waals surface area contributed by atoms with Crippen molar-refractivity contribution >= 4 is 11.9 Å². The molecule has 0 aromatic carbocycles. The first-order valence-electron chi connectivity index (χ1n) is 8.62. The van der Waals surface area contributed by atoms with Crippen LogP contribution in [0, 0.1) is 0 Å². The van der Waals surface area contributed by atoms with Crippen LogP contribution in [-0.4, -0.2) is 47.9 Å². The van der Waals surface area contributed by atoms with Crippen molar-refractivity contribution in [1.82, 2.24) is 10.4 Å². The number of carbonyl (C=O) groups excluding carboxylic acids is 2. The van der Waals surface area contributed by atoms with Crippen LogP contribution in [0.15, 0.2) is 0 Å². The molecule has 1 amide bonds. The Morgan fingerprint density at radius 2 is 1.57 bits per heavy atom. The molecule has 23 heavy (non-hydrogen) atoms. The SMILES string of the molecule is CNCCCCCCCCC(=O)N(O)CCC(=O)OC(C)(C)C. The molecule has 0 saturated heterocycles. The van der Waals surface area contributed by atoms with E-state index in [1.54, 1.807) is 20.8 Å². The Hall–Kier alpha value is -1.14. The summed E-state index contributed by atoms with van der Waals surface area (Å²) >= 11 is 0. The summed E-state index contributed by atoms with van der Waals surface area (Å²) in [5.41, 5.74) is -0.547. The molecule has 0 aromatic rings. The van der Waals surface area contributed by atoms with Crippen LogP contribution >= 0.6 is 0 Å². The zero-order chi connectivity index (χ0) is 17.7. The third-order valence-corrected chi connectivity index (χ3v) is 3.30. The summed E-state index contributed by atoms with van der Waals surface area (Å²) in [4.78, 5) is 23.2. The topological polar surface area (TPSA) is 78.9 Å². The molecule has 136 valence electrons. The van der Waals surface area contributed by atoms with E-state index in [2.05, 4.69) is 5.32 Å². The van der Waals surface area contributed by atoms with E-state index in [1.807, 2.05) is 7.05 Å².